The molecule has 1 N–H and O–H groups in total. The second-order valence-corrected chi connectivity index (χ2v) is 6.22. The van der Waals surface area contributed by atoms with E-state index in [-0.39, 0.29) is 24.2 Å². The maximum Gasteiger partial charge on any atom is 0.250 e. The number of carbonyl (C=O) groups excluding carboxylic acids is 2. The molecule has 1 fully saturated rings. The fourth-order valence-electron chi connectivity index (χ4n) is 2.20. The lowest BCUT2D eigenvalue weighted by molar-refractivity contribution is -0.133. The number of amides is 2. The number of halogens is 1. The van der Waals surface area contributed by atoms with Crippen molar-refractivity contribution in [1.82, 2.24) is 5.32 Å². The number of nitrogens with one attached hydrogen (secondary N) is 1. The first-order valence-electron chi connectivity index (χ1n) is 6.57. The molecule has 0 aliphatic carbocycles. The SMILES string of the molecule is Cc1ccc(N2CC(=O)NC(C(C)(C)C)C2=O)cc1F. The van der Waals surface area contributed by atoms with Gasteiger partial charge >= 0.3 is 0 Å². The van der Waals surface area contributed by atoms with Gasteiger partial charge in [0.1, 0.15) is 18.4 Å². The van der Waals surface area contributed by atoms with Crippen LogP contribution in [-0.2, 0) is 9.59 Å². The van der Waals surface area contributed by atoms with Gasteiger partial charge < -0.3 is 10.2 Å². The fourth-order valence-corrected chi connectivity index (χ4v) is 2.20. The lowest BCUT2D eigenvalue weighted by Gasteiger charge is -2.38. The second kappa shape index (κ2) is 4.89. The van der Waals surface area contributed by atoms with E-state index in [1.807, 2.05) is 20.8 Å². The molecule has 0 radical (unpaired) electrons. The van der Waals surface area contributed by atoms with Crippen LogP contribution in [0.4, 0.5) is 10.1 Å². The number of hydrogen-bond donors (Lipinski definition) is 1. The molecule has 1 heterocycles. The zero-order valence-electron chi connectivity index (χ0n) is 12.2. The summed E-state index contributed by atoms with van der Waals surface area (Å²) in [5, 5.41) is 2.71. The van der Waals surface area contributed by atoms with Gasteiger partial charge in [0.25, 0.3) is 5.91 Å². The molecule has 0 aromatic heterocycles. The second-order valence-electron chi connectivity index (χ2n) is 6.22. The zero-order valence-corrected chi connectivity index (χ0v) is 12.2. The lowest BCUT2D eigenvalue weighted by Crippen LogP contribution is -2.62. The molecule has 2 amide bonds. The molecule has 1 aliphatic heterocycles. The molecule has 0 bridgehead atoms. The van der Waals surface area contributed by atoms with Crippen molar-refractivity contribution in [2.24, 2.45) is 5.41 Å². The zero-order chi connectivity index (χ0) is 15.1. The number of anilines is 1. The minimum absolute atomic E-state index is 0.0755. The quantitative estimate of drug-likeness (QED) is 0.854. The molecule has 2 rings (SSSR count). The predicted molar refractivity (Wildman–Crippen MR) is 74.9 cm³/mol. The van der Waals surface area contributed by atoms with E-state index in [4.69, 9.17) is 0 Å². The monoisotopic (exact) mass is 278 g/mol. The average Bonchev–Trinajstić information content (AvgIpc) is 2.34. The van der Waals surface area contributed by atoms with Crippen molar-refractivity contribution in [3.05, 3.63) is 29.6 Å². The number of nitrogens with zero attached hydrogens (tertiary/aromatic N) is 1. The molecule has 1 atom stereocenters. The summed E-state index contributed by atoms with van der Waals surface area (Å²) in [6.07, 6.45) is 0. The maximum absolute atomic E-state index is 13.7. The first-order valence-corrected chi connectivity index (χ1v) is 6.57. The molecule has 1 unspecified atom stereocenters. The van der Waals surface area contributed by atoms with E-state index >= 15 is 0 Å². The van der Waals surface area contributed by atoms with Gasteiger partial charge in [-0.1, -0.05) is 26.8 Å². The minimum Gasteiger partial charge on any atom is -0.342 e. The van der Waals surface area contributed by atoms with Crippen LogP contribution in [0.2, 0.25) is 0 Å². The summed E-state index contributed by atoms with van der Waals surface area (Å²) in [5.74, 6) is -0.820. The van der Waals surface area contributed by atoms with Gasteiger partial charge in [-0.2, -0.15) is 0 Å². The molecule has 0 saturated carbocycles. The first kappa shape index (κ1) is 14.5. The molecule has 108 valence electrons. The van der Waals surface area contributed by atoms with Gasteiger partial charge in [-0.05, 0) is 30.0 Å². The standard InChI is InChI=1S/C15H19FN2O2/c1-9-5-6-10(7-11(9)16)18-8-12(19)17-13(14(18)20)15(2,3)4/h5-7,13H,8H2,1-4H3,(H,17,19). The molecule has 1 aliphatic rings. The van der Waals surface area contributed by atoms with Crippen LogP contribution in [0, 0.1) is 18.2 Å². The van der Waals surface area contributed by atoms with Crippen molar-refractivity contribution >= 4 is 17.5 Å². The fraction of sp³-hybridized carbons (Fsp3) is 0.467. The third-order valence-electron chi connectivity index (χ3n) is 3.45. The number of piperazine rings is 1. The van der Waals surface area contributed by atoms with Crippen LogP contribution in [-0.4, -0.2) is 24.4 Å². The molecule has 1 aromatic rings. The number of benzene rings is 1. The summed E-state index contributed by atoms with van der Waals surface area (Å²) < 4.78 is 13.7. The van der Waals surface area contributed by atoms with Gasteiger partial charge in [0, 0.05) is 5.69 Å². The average molecular weight is 278 g/mol. The van der Waals surface area contributed by atoms with Gasteiger partial charge in [-0.25, -0.2) is 4.39 Å². The molecular formula is C15H19FN2O2. The van der Waals surface area contributed by atoms with Crippen LogP contribution in [0.3, 0.4) is 0 Å². The highest BCUT2D eigenvalue weighted by atomic mass is 19.1. The van der Waals surface area contributed by atoms with Crippen LogP contribution in [0.15, 0.2) is 18.2 Å². The smallest absolute Gasteiger partial charge is 0.250 e. The van der Waals surface area contributed by atoms with Crippen LogP contribution in [0.1, 0.15) is 26.3 Å². The van der Waals surface area contributed by atoms with Gasteiger partial charge in [0.15, 0.2) is 0 Å². The van der Waals surface area contributed by atoms with Crippen LogP contribution in [0.5, 0.6) is 0 Å². The molecular weight excluding hydrogens is 259 g/mol. The van der Waals surface area contributed by atoms with E-state index in [2.05, 4.69) is 5.32 Å². The molecule has 20 heavy (non-hydrogen) atoms. The number of rotatable bonds is 1. The normalized spacial score (nSPS) is 20.1. The molecule has 5 heteroatoms. The molecule has 1 saturated heterocycles. The van der Waals surface area contributed by atoms with E-state index in [1.165, 1.54) is 11.0 Å². The Balaban J connectivity index is 2.37. The van der Waals surface area contributed by atoms with Gasteiger partial charge in [-0.3, -0.25) is 9.59 Å². The van der Waals surface area contributed by atoms with Crippen LogP contribution in [0.25, 0.3) is 0 Å². The largest absolute Gasteiger partial charge is 0.342 e. The summed E-state index contributed by atoms with van der Waals surface area (Å²) in [6, 6.07) is 3.96. The molecule has 4 nitrogen and oxygen atoms in total. The third-order valence-corrected chi connectivity index (χ3v) is 3.45. The molecule has 1 aromatic carbocycles. The number of hydrogen-bond acceptors (Lipinski definition) is 2. The Kier molecular flexibility index (Phi) is 3.54. The van der Waals surface area contributed by atoms with E-state index in [9.17, 15) is 14.0 Å². The van der Waals surface area contributed by atoms with Crippen molar-refractivity contribution < 1.29 is 14.0 Å². The Morgan fingerprint density at radius 3 is 2.50 bits per heavy atom. The van der Waals surface area contributed by atoms with Crippen LogP contribution >= 0.6 is 0 Å². The van der Waals surface area contributed by atoms with Gasteiger partial charge in [0.2, 0.25) is 5.91 Å². The topological polar surface area (TPSA) is 49.4 Å². The Labute approximate surface area is 118 Å². The summed E-state index contributed by atoms with van der Waals surface area (Å²) in [4.78, 5) is 25.7. The van der Waals surface area contributed by atoms with E-state index in [0.717, 1.165) is 0 Å². The Hall–Kier alpha value is -1.91. The van der Waals surface area contributed by atoms with Crippen molar-refractivity contribution in [2.75, 3.05) is 11.4 Å². The maximum atomic E-state index is 13.7. The van der Waals surface area contributed by atoms with Crippen molar-refractivity contribution in [1.29, 1.82) is 0 Å². The summed E-state index contributed by atoms with van der Waals surface area (Å²) >= 11 is 0. The van der Waals surface area contributed by atoms with Gasteiger partial charge in [-0.15, -0.1) is 0 Å². The van der Waals surface area contributed by atoms with E-state index < -0.39 is 11.5 Å². The first-order chi connectivity index (χ1) is 9.20. The highest BCUT2D eigenvalue weighted by Gasteiger charge is 2.40. The lowest BCUT2D eigenvalue weighted by atomic mass is 9.84. The Morgan fingerprint density at radius 2 is 1.95 bits per heavy atom. The van der Waals surface area contributed by atoms with Crippen LogP contribution < -0.4 is 10.2 Å². The van der Waals surface area contributed by atoms with Crippen molar-refractivity contribution in [3.63, 3.8) is 0 Å². The summed E-state index contributed by atoms with van der Waals surface area (Å²) in [6.45, 7) is 7.23. The highest BCUT2D eigenvalue weighted by Crippen LogP contribution is 2.27. The summed E-state index contributed by atoms with van der Waals surface area (Å²) in [5.41, 5.74) is 0.534. The van der Waals surface area contributed by atoms with Crippen molar-refractivity contribution in [2.45, 2.75) is 33.7 Å². The summed E-state index contributed by atoms with van der Waals surface area (Å²) in [7, 11) is 0. The van der Waals surface area contributed by atoms with E-state index in [0.29, 0.717) is 11.3 Å². The Morgan fingerprint density at radius 1 is 1.30 bits per heavy atom. The van der Waals surface area contributed by atoms with Crippen molar-refractivity contribution in [3.8, 4) is 0 Å². The minimum atomic E-state index is -0.604. The Bertz CT molecular complexity index is 563. The number of carbonyl (C=O) groups is 2. The van der Waals surface area contributed by atoms with E-state index in [1.54, 1.807) is 19.1 Å². The van der Waals surface area contributed by atoms with Gasteiger partial charge in [0.05, 0.1) is 0 Å². The predicted octanol–water partition coefficient (Wildman–Crippen LogP) is 2.01. The number of aryl methyl sites for hydroxylation is 1. The third kappa shape index (κ3) is 2.66. The highest BCUT2D eigenvalue weighted by molar-refractivity contribution is 6.06. The molecule has 0 spiro atoms.